The molecule has 7 heteroatoms. The maximum Gasteiger partial charge on any atom is 0.331 e. The molecule has 0 bridgehead atoms. The van der Waals surface area contributed by atoms with Crippen molar-refractivity contribution in [3.8, 4) is 11.5 Å². The van der Waals surface area contributed by atoms with Crippen molar-refractivity contribution < 1.29 is 20.1 Å². The molecule has 3 N–H and O–H groups in total. The molecule has 1 aromatic carbocycles. The van der Waals surface area contributed by atoms with Crippen LogP contribution in [0.25, 0.3) is 10.4 Å². The number of hydrogen-bond acceptors (Lipinski definition) is 4. The van der Waals surface area contributed by atoms with Gasteiger partial charge in [-0.15, -0.1) is 0 Å². The van der Waals surface area contributed by atoms with Crippen LogP contribution in [-0.2, 0) is 11.2 Å². The SMILES string of the molecule is CC(=CCCC(=CCc1cc(O)ccc1O)C(=O)O)CCC=C(C)CN=[N+]=[N-]. The van der Waals surface area contributed by atoms with Crippen molar-refractivity contribution in [3.05, 3.63) is 69.2 Å². The second-order valence-corrected chi connectivity index (χ2v) is 6.62. The van der Waals surface area contributed by atoms with Crippen LogP contribution in [0.4, 0.5) is 0 Å². The van der Waals surface area contributed by atoms with Gasteiger partial charge in [-0.1, -0.05) is 34.5 Å². The number of carbonyl (C=O) groups is 1. The Hall–Kier alpha value is -3.18. The van der Waals surface area contributed by atoms with Gasteiger partial charge in [0, 0.05) is 22.6 Å². The van der Waals surface area contributed by atoms with Crippen molar-refractivity contribution in [1.82, 2.24) is 0 Å². The standard InChI is InChI=1S/C21H27N3O4/c1-15(5-3-7-16(2)14-23-24-22)6-4-8-17(21(27)28)9-10-18-13-19(25)11-12-20(18)26/h6-7,9,11-13,25-26H,3-5,8,10,14H2,1-2H3,(H,27,28). The largest absolute Gasteiger partial charge is 0.508 e. The molecule has 0 spiro atoms. The molecule has 0 atom stereocenters. The smallest absolute Gasteiger partial charge is 0.331 e. The third-order valence-corrected chi connectivity index (χ3v) is 4.23. The Kier molecular flexibility index (Phi) is 10.0. The summed E-state index contributed by atoms with van der Waals surface area (Å²) >= 11 is 0. The molecule has 0 amide bonds. The fourth-order valence-electron chi connectivity index (χ4n) is 2.59. The molecule has 1 rings (SSSR count). The number of carboxylic acid groups (broad SMARTS) is 1. The van der Waals surface area contributed by atoms with Crippen molar-refractivity contribution >= 4 is 5.97 Å². The van der Waals surface area contributed by atoms with Gasteiger partial charge in [0.05, 0.1) is 0 Å². The number of rotatable bonds is 11. The van der Waals surface area contributed by atoms with E-state index in [1.807, 2.05) is 26.0 Å². The third-order valence-electron chi connectivity index (χ3n) is 4.23. The van der Waals surface area contributed by atoms with E-state index in [4.69, 9.17) is 5.53 Å². The van der Waals surface area contributed by atoms with E-state index in [0.717, 1.165) is 18.4 Å². The van der Waals surface area contributed by atoms with E-state index in [1.165, 1.54) is 23.8 Å². The fourth-order valence-corrected chi connectivity index (χ4v) is 2.59. The molecule has 0 aliphatic rings. The van der Waals surface area contributed by atoms with Crippen molar-refractivity contribution in [2.45, 2.75) is 46.0 Å². The van der Waals surface area contributed by atoms with Gasteiger partial charge in [-0.2, -0.15) is 0 Å². The molecule has 0 aliphatic heterocycles. The highest BCUT2D eigenvalue weighted by Crippen LogP contribution is 2.23. The summed E-state index contributed by atoms with van der Waals surface area (Å²) in [5.41, 5.74) is 11.2. The van der Waals surface area contributed by atoms with Gasteiger partial charge in [0.1, 0.15) is 11.5 Å². The quantitative estimate of drug-likeness (QED) is 0.117. The summed E-state index contributed by atoms with van der Waals surface area (Å²) in [7, 11) is 0. The number of azide groups is 1. The minimum absolute atomic E-state index is 0.0262. The van der Waals surface area contributed by atoms with Crippen LogP contribution in [0.1, 0.15) is 45.1 Å². The van der Waals surface area contributed by atoms with E-state index in [2.05, 4.69) is 10.0 Å². The first kappa shape index (κ1) is 22.9. The molecule has 0 fully saturated rings. The first-order chi connectivity index (χ1) is 13.3. The van der Waals surface area contributed by atoms with Gasteiger partial charge in [-0.05, 0) is 69.7 Å². The Morgan fingerprint density at radius 2 is 1.79 bits per heavy atom. The Bertz CT molecular complexity index is 819. The lowest BCUT2D eigenvalue weighted by Gasteiger charge is -2.05. The average Bonchev–Trinajstić information content (AvgIpc) is 2.65. The summed E-state index contributed by atoms with van der Waals surface area (Å²) < 4.78 is 0. The number of aliphatic carboxylic acids is 1. The van der Waals surface area contributed by atoms with Gasteiger partial charge in [-0.25, -0.2) is 4.79 Å². The third kappa shape index (κ3) is 8.96. The molecule has 150 valence electrons. The Balaban J connectivity index is 2.58. The first-order valence-corrected chi connectivity index (χ1v) is 9.08. The zero-order valence-electron chi connectivity index (χ0n) is 16.3. The van der Waals surface area contributed by atoms with Crippen LogP contribution in [0, 0.1) is 0 Å². The van der Waals surface area contributed by atoms with Gasteiger partial charge in [-0.3, -0.25) is 0 Å². The van der Waals surface area contributed by atoms with E-state index in [-0.39, 0.29) is 23.5 Å². The first-order valence-electron chi connectivity index (χ1n) is 9.08. The molecule has 0 saturated heterocycles. The second kappa shape index (κ2) is 12.3. The number of phenols is 2. The predicted molar refractivity (Wildman–Crippen MR) is 109 cm³/mol. The number of benzene rings is 1. The van der Waals surface area contributed by atoms with Crippen LogP contribution in [-0.4, -0.2) is 27.8 Å². The number of phenolic OH excluding ortho intramolecular Hbond substituents is 2. The minimum atomic E-state index is -0.984. The van der Waals surface area contributed by atoms with Gasteiger partial charge in [0.25, 0.3) is 0 Å². The summed E-state index contributed by atoms with van der Waals surface area (Å²) in [6.45, 7) is 4.30. The number of aromatic hydroxyl groups is 2. The lowest BCUT2D eigenvalue weighted by molar-refractivity contribution is -0.132. The van der Waals surface area contributed by atoms with Crippen LogP contribution in [0.3, 0.4) is 0 Å². The van der Waals surface area contributed by atoms with E-state index >= 15 is 0 Å². The summed E-state index contributed by atoms with van der Waals surface area (Å²) in [5, 5.41) is 32.1. The zero-order chi connectivity index (χ0) is 20.9. The van der Waals surface area contributed by atoms with Gasteiger partial charge in [0.15, 0.2) is 0 Å². The van der Waals surface area contributed by atoms with Crippen LogP contribution in [0.2, 0.25) is 0 Å². The Morgan fingerprint density at radius 1 is 1.11 bits per heavy atom. The second-order valence-electron chi connectivity index (χ2n) is 6.62. The highest BCUT2D eigenvalue weighted by molar-refractivity contribution is 5.86. The lowest BCUT2D eigenvalue weighted by atomic mass is 10.0. The molecule has 0 heterocycles. The van der Waals surface area contributed by atoms with Gasteiger partial charge < -0.3 is 15.3 Å². The normalized spacial score (nSPS) is 12.6. The molecule has 0 aliphatic carbocycles. The molecule has 28 heavy (non-hydrogen) atoms. The molecule has 0 radical (unpaired) electrons. The number of hydrogen-bond donors (Lipinski definition) is 3. The Labute approximate surface area is 165 Å². The maximum atomic E-state index is 11.4. The number of allylic oxidation sites excluding steroid dienone is 4. The summed E-state index contributed by atoms with van der Waals surface area (Å²) in [6, 6.07) is 4.18. The highest BCUT2D eigenvalue weighted by Gasteiger charge is 2.08. The number of nitrogens with zero attached hydrogens (tertiary/aromatic N) is 3. The van der Waals surface area contributed by atoms with E-state index in [9.17, 15) is 20.1 Å². The van der Waals surface area contributed by atoms with Gasteiger partial charge >= 0.3 is 5.97 Å². The average molecular weight is 385 g/mol. The van der Waals surface area contributed by atoms with Crippen molar-refractivity contribution in [3.63, 3.8) is 0 Å². The van der Waals surface area contributed by atoms with Crippen LogP contribution < -0.4 is 0 Å². The lowest BCUT2D eigenvalue weighted by Crippen LogP contribution is -2.01. The van der Waals surface area contributed by atoms with Crippen LogP contribution >= 0.6 is 0 Å². The summed E-state index contributed by atoms with van der Waals surface area (Å²) in [5.74, 6) is -0.930. The molecular formula is C21H27N3O4. The summed E-state index contributed by atoms with van der Waals surface area (Å²) in [4.78, 5) is 14.2. The molecule has 0 unspecified atom stereocenters. The zero-order valence-corrected chi connectivity index (χ0v) is 16.3. The Morgan fingerprint density at radius 3 is 2.46 bits per heavy atom. The minimum Gasteiger partial charge on any atom is -0.508 e. The van der Waals surface area contributed by atoms with Crippen LogP contribution in [0.5, 0.6) is 11.5 Å². The van der Waals surface area contributed by atoms with Crippen molar-refractivity contribution in [2.75, 3.05) is 6.54 Å². The monoisotopic (exact) mass is 385 g/mol. The fraction of sp³-hybridized carbons (Fsp3) is 0.381. The predicted octanol–water partition coefficient (Wildman–Crippen LogP) is 5.41. The molecular weight excluding hydrogens is 358 g/mol. The maximum absolute atomic E-state index is 11.4. The van der Waals surface area contributed by atoms with Crippen molar-refractivity contribution in [1.29, 1.82) is 0 Å². The van der Waals surface area contributed by atoms with E-state index < -0.39 is 5.97 Å². The summed E-state index contributed by atoms with van der Waals surface area (Å²) in [6.07, 6.45) is 8.57. The van der Waals surface area contributed by atoms with Crippen molar-refractivity contribution in [2.24, 2.45) is 5.11 Å². The number of carboxylic acids is 1. The molecule has 1 aromatic rings. The molecule has 0 saturated carbocycles. The van der Waals surface area contributed by atoms with Gasteiger partial charge in [0.2, 0.25) is 0 Å². The van der Waals surface area contributed by atoms with E-state index in [1.54, 1.807) is 6.08 Å². The molecule has 0 aromatic heterocycles. The topological polar surface area (TPSA) is 127 Å². The van der Waals surface area contributed by atoms with Crippen LogP contribution in [0.15, 0.2) is 58.3 Å². The highest BCUT2D eigenvalue weighted by atomic mass is 16.4. The molecule has 7 nitrogen and oxygen atoms in total. The van der Waals surface area contributed by atoms with E-state index in [0.29, 0.717) is 24.9 Å².